The Kier molecular flexibility index (Phi) is 7.19. The number of methoxy groups -OCH3 is 1. The van der Waals surface area contributed by atoms with Crippen molar-refractivity contribution in [3.8, 4) is 5.75 Å². The van der Waals surface area contributed by atoms with E-state index in [1.165, 1.54) is 23.6 Å². The van der Waals surface area contributed by atoms with Crippen LogP contribution in [-0.4, -0.2) is 64.0 Å². The first-order chi connectivity index (χ1) is 13.8. The predicted octanol–water partition coefficient (Wildman–Crippen LogP) is 0.668. The zero-order valence-electron chi connectivity index (χ0n) is 17.7. The van der Waals surface area contributed by atoms with E-state index in [4.69, 9.17) is 4.74 Å². The van der Waals surface area contributed by atoms with Gasteiger partial charge in [-0.25, -0.2) is 8.42 Å². The fraction of sp³-hybridized carbons (Fsp3) is 0.667. The first-order valence-corrected chi connectivity index (χ1v) is 12.1. The van der Waals surface area contributed by atoms with Gasteiger partial charge in [0.05, 0.1) is 38.2 Å². The minimum Gasteiger partial charge on any atom is -0.497 e. The number of quaternary nitrogens is 1. The number of amides is 1. The summed E-state index contributed by atoms with van der Waals surface area (Å²) in [5.41, 5.74) is 0. The van der Waals surface area contributed by atoms with Gasteiger partial charge in [0.15, 0.2) is 6.04 Å². The first-order valence-electron chi connectivity index (χ1n) is 10.6. The van der Waals surface area contributed by atoms with Crippen LogP contribution in [0.1, 0.15) is 39.5 Å². The van der Waals surface area contributed by atoms with Crippen LogP contribution in [0.25, 0.3) is 0 Å². The Bertz CT molecular complexity index is 789. The molecule has 3 atom stereocenters. The smallest absolute Gasteiger partial charge is 0.278 e. The van der Waals surface area contributed by atoms with Crippen molar-refractivity contribution in [1.82, 2.24) is 9.62 Å². The van der Waals surface area contributed by atoms with Gasteiger partial charge in [-0.15, -0.1) is 0 Å². The van der Waals surface area contributed by atoms with Crippen LogP contribution in [-0.2, 0) is 14.8 Å². The Morgan fingerprint density at radius 2 is 1.79 bits per heavy atom. The van der Waals surface area contributed by atoms with Gasteiger partial charge in [-0.2, -0.15) is 4.31 Å². The molecule has 2 N–H and O–H groups in total. The Morgan fingerprint density at radius 1 is 1.17 bits per heavy atom. The fourth-order valence-electron chi connectivity index (χ4n) is 4.37. The number of ether oxygens (including phenoxy) is 1. The molecule has 2 fully saturated rings. The van der Waals surface area contributed by atoms with Crippen LogP contribution in [0.15, 0.2) is 29.2 Å². The predicted molar refractivity (Wildman–Crippen MR) is 111 cm³/mol. The average Bonchev–Trinajstić information content (AvgIpc) is 2.75. The number of carbonyl (C=O) groups is 1. The van der Waals surface area contributed by atoms with Crippen molar-refractivity contribution in [1.29, 1.82) is 0 Å². The molecule has 162 valence electrons. The highest BCUT2D eigenvalue weighted by Gasteiger charge is 2.35. The van der Waals surface area contributed by atoms with Gasteiger partial charge >= 0.3 is 0 Å². The van der Waals surface area contributed by atoms with Gasteiger partial charge in [0.2, 0.25) is 10.0 Å². The molecule has 1 aliphatic heterocycles. The molecule has 1 saturated heterocycles. The standard InChI is InChI=1S/C21H33N3O4S/c1-16-6-4-5-7-20(16)22-21(25)17(2)23-12-14-24(15-13-23)29(26,27)19-10-8-18(28-3)9-11-19/h8-11,16-17,20H,4-7,12-15H2,1-3H3,(H,22,25)/p+1/t16-,17+,20+/m0/s1. The first kappa shape index (κ1) is 22.1. The van der Waals surface area contributed by atoms with E-state index in [1.54, 1.807) is 31.4 Å². The van der Waals surface area contributed by atoms with Gasteiger partial charge in [-0.3, -0.25) is 4.79 Å². The quantitative estimate of drug-likeness (QED) is 0.703. The number of sulfonamides is 1. The summed E-state index contributed by atoms with van der Waals surface area (Å²) in [6.45, 7) is 6.26. The maximum absolute atomic E-state index is 12.9. The molecule has 1 amide bonds. The SMILES string of the molecule is COc1ccc(S(=O)(=O)N2CC[NH+]([C@H](C)C(=O)N[C@@H]3CCCC[C@@H]3C)CC2)cc1. The van der Waals surface area contributed by atoms with E-state index in [-0.39, 0.29) is 22.9 Å². The molecule has 2 aliphatic rings. The van der Waals surface area contributed by atoms with Gasteiger partial charge in [-0.1, -0.05) is 19.8 Å². The second-order valence-corrected chi connectivity index (χ2v) is 10.3. The number of nitrogens with zero attached hydrogens (tertiary/aromatic N) is 1. The van der Waals surface area contributed by atoms with Crippen LogP contribution in [0.5, 0.6) is 5.75 Å². The van der Waals surface area contributed by atoms with Crippen LogP contribution < -0.4 is 15.0 Å². The third-order valence-corrected chi connectivity index (χ3v) is 8.42. The lowest BCUT2D eigenvalue weighted by Crippen LogP contribution is -3.19. The third kappa shape index (κ3) is 5.10. The molecule has 0 radical (unpaired) electrons. The van der Waals surface area contributed by atoms with E-state index >= 15 is 0 Å². The van der Waals surface area contributed by atoms with Crippen LogP contribution in [0.3, 0.4) is 0 Å². The van der Waals surface area contributed by atoms with E-state index in [1.807, 2.05) is 6.92 Å². The average molecular weight is 425 g/mol. The highest BCUT2D eigenvalue weighted by Crippen LogP contribution is 2.23. The van der Waals surface area contributed by atoms with Crippen LogP contribution >= 0.6 is 0 Å². The highest BCUT2D eigenvalue weighted by atomic mass is 32.2. The lowest BCUT2D eigenvalue weighted by molar-refractivity contribution is -0.917. The summed E-state index contributed by atoms with van der Waals surface area (Å²) >= 11 is 0. The van der Waals surface area contributed by atoms with Gasteiger partial charge in [-0.05, 0) is 49.9 Å². The maximum atomic E-state index is 12.9. The Morgan fingerprint density at radius 3 is 2.38 bits per heavy atom. The fourth-order valence-corrected chi connectivity index (χ4v) is 5.81. The van der Waals surface area contributed by atoms with E-state index in [0.29, 0.717) is 37.8 Å². The van der Waals surface area contributed by atoms with Crippen molar-refractivity contribution in [3.05, 3.63) is 24.3 Å². The van der Waals surface area contributed by atoms with Gasteiger partial charge in [0.25, 0.3) is 5.91 Å². The molecular weight excluding hydrogens is 390 g/mol. The normalized spacial score (nSPS) is 25.3. The molecule has 0 aromatic heterocycles. The molecule has 3 rings (SSSR count). The van der Waals surface area contributed by atoms with Crippen molar-refractivity contribution in [3.63, 3.8) is 0 Å². The molecule has 0 bridgehead atoms. The van der Waals surface area contributed by atoms with Crippen molar-refractivity contribution in [2.75, 3.05) is 33.3 Å². The van der Waals surface area contributed by atoms with Crippen LogP contribution in [0.4, 0.5) is 0 Å². The molecule has 0 spiro atoms. The molecule has 1 aromatic carbocycles. The number of rotatable bonds is 6. The summed E-state index contributed by atoms with van der Waals surface area (Å²) in [7, 11) is -1.97. The van der Waals surface area contributed by atoms with E-state index in [0.717, 1.165) is 11.3 Å². The second-order valence-electron chi connectivity index (χ2n) is 8.34. The topological polar surface area (TPSA) is 80.2 Å². The van der Waals surface area contributed by atoms with Gasteiger partial charge in [0, 0.05) is 6.04 Å². The highest BCUT2D eigenvalue weighted by molar-refractivity contribution is 7.89. The summed E-state index contributed by atoms with van der Waals surface area (Å²) < 4.78 is 32.4. The van der Waals surface area contributed by atoms with Crippen molar-refractivity contribution in [2.45, 2.75) is 56.5 Å². The lowest BCUT2D eigenvalue weighted by atomic mass is 9.86. The largest absolute Gasteiger partial charge is 0.497 e. The zero-order valence-corrected chi connectivity index (χ0v) is 18.5. The third-order valence-electron chi connectivity index (χ3n) is 6.51. The van der Waals surface area contributed by atoms with E-state index < -0.39 is 10.0 Å². The maximum Gasteiger partial charge on any atom is 0.278 e. The minimum atomic E-state index is -3.52. The molecule has 1 aliphatic carbocycles. The lowest BCUT2D eigenvalue weighted by Gasteiger charge is -2.35. The molecule has 29 heavy (non-hydrogen) atoms. The molecule has 7 nitrogen and oxygen atoms in total. The van der Waals surface area contributed by atoms with Crippen molar-refractivity contribution >= 4 is 15.9 Å². The molecular formula is C21H34N3O4S+. The molecule has 1 heterocycles. The minimum absolute atomic E-state index is 0.0882. The number of piperazine rings is 1. The number of benzene rings is 1. The second kappa shape index (κ2) is 9.45. The van der Waals surface area contributed by atoms with Crippen LogP contribution in [0.2, 0.25) is 0 Å². The summed E-state index contributed by atoms with van der Waals surface area (Å²) in [6.07, 6.45) is 4.66. The molecule has 8 heteroatoms. The summed E-state index contributed by atoms with van der Waals surface area (Å²) in [4.78, 5) is 14.2. The Balaban J connectivity index is 1.55. The summed E-state index contributed by atoms with van der Waals surface area (Å²) in [5, 5.41) is 3.24. The number of carbonyl (C=O) groups excluding carboxylic acids is 1. The summed E-state index contributed by atoms with van der Waals surface area (Å²) in [6, 6.07) is 6.58. The molecule has 1 aromatic rings. The molecule has 0 unspecified atom stereocenters. The Hall–Kier alpha value is -1.64. The van der Waals surface area contributed by atoms with Gasteiger partial charge in [0.1, 0.15) is 5.75 Å². The van der Waals surface area contributed by atoms with E-state index in [2.05, 4.69) is 12.2 Å². The Labute approximate surface area is 174 Å². The number of hydrogen-bond acceptors (Lipinski definition) is 4. The van der Waals surface area contributed by atoms with Crippen molar-refractivity contribution in [2.24, 2.45) is 5.92 Å². The summed E-state index contributed by atoms with van der Waals surface area (Å²) in [5.74, 6) is 1.25. The number of nitrogens with one attached hydrogen (secondary N) is 2. The van der Waals surface area contributed by atoms with Crippen LogP contribution in [0, 0.1) is 5.92 Å². The number of hydrogen-bond donors (Lipinski definition) is 2. The molecule has 1 saturated carbocycles. The zero-order chi connectivity index (χ0) is 21.0. The monoisotopic (exact) mass is 424 g/mol. The van der Waals surface area contributed by atoms with Crippen molar-refractivity contribution < 1.29 is 22.8 Å². The van der Waals surface area contributed by atoms with Gasteiger partial charge < -0.3 is 15.0 Å². The van der Waals surface area contributed by atoms with E-state index in [9.17, 15) is 13.2 Å².